The Morgan fingerprint density at radius 1 is 1.03 bits per heavy atom. The number of nitrogens with one attached hydrogen (secondary N) is 1. The number of fused-ring (bicyclic) bond motifs is 1. The summed E-state index contributed by atoms with van der Waals surface area (Å²) in [5.74, 6) is 6.07. The minimum atomic E-state index is -0.645. The second-order valence-electron chi connectivity index (χ2n) is 8.44. The average molecular weight is 476 g/mol. The molecule has 0 radical (unpaired) electrons. The Morgan fingerprint density at radius 2 is 1.89 bits per heavy atom. The van der Waals surface area contributed by atoms with Gasteiger partial charge in [0.1, 0.15) is 13.0 Å². The first-order valence-electron chi connectivity index (χ1n) is 11.3. The van der Waals surface area contributed by atoms with Crippen molar-refractivity contribution in [1.82, 2.24) is 19.5 Å². The lowest BCUT2D eigenvalue weighted by molar-refractivity contribution is 0.102. The number of halogens is 1. The number of aryl methyl sites for hydroxylation is 2. The summed E-state index contributed by atoms with van der Waals surface area (Å²) in [5.41, 5.74) is 6.30. The first-order chi connectivity index (χ1) is 17.5. The fourth-order valence-electron chi connectivity index (χ4n) is 3.88. The first kappa shape index (κ1) is 22.9. The van der Waals surface area contributed by atoms with Gasteiger partial charge in [0.15, 0.2) is 0 Å². The molecule has 36 heavy (non-hydrogen) atoms. The van der Waals surface area contributed by atoms with Crippen molar-refractivity contribution in [3.05, 3.63) is 113 Å². The van der Waals surface area contributed by atoms with Gasteiger partial charge < -0.3 is 9.88 Å². The van der Waals surface area contributed by atoms with E-state index < -0.39 is 6.67 Å². The van der Waals surface area contributed by atoms with Gasteiger partial charge in [-0.3, -0.25) is 4.79 Å². The van der Waals surface area contributed by atoms with E-state index in [1.54, 1.807) is 47.4 Å². The Hall–Kier alpha value is -4.83. The number of benzene rings is 3. The largest absolute Gasteiger partial charge is 0.322 e. The van der Waals surface area contributed by atoms with Gasteiger partial charge in [-0.25, -0.2) is 19.3 Å². The number of rotatable bonds is 4. The molecule has 1 N–H and O–H groups in total. The van der Waals surface area contributed by atoms with Crippen LogP contribution in [0.2, 0.25) is 0 Å². The molecule has 0 saturated carbocycles. The minimum Gasteiger partial charge on any atom is -0.322 e. The van der Waals surface area contributed by atoms with Gasteiger partial charge in [-0.15, -0.1) is 0 Å². The van der Waals surface area contributed by atoms with Gasteiger partial charge in [-0.05, 0) is 67.4 Å². The Labute approximate surface area is 207 Å². The molecule has 5 aromatic rings. The predicted molar refractivity (Wildman–Crippen MR) is 138 cm³/mol. The van der Waals surface area contributed by atoms with Crippen LogP contribution in [0.5, 0.6) is 0 Å². The number of amides is 1. The van der Waals surface area contributed by atoms with Crippen molar-refractivity contribution in [3.8, 4) is 17.5 Å². The van der Waals surface area contributed by atoms with Gasteiger partial charge in [0.05, 0.1) is 17.5 Å². The van der Waals surface area contributed by atoms with E-state index in [0.29, 0.717) is 16.8 Å². The van der Waals surface area contributed by atoms with E-state index in [2.05, 4.69) is 32.1 Å². The number of carbonyl (C=O) groups excluding carboxylic acids is 1. The zero-order valence-electron chi connectivity index (χ0n) is 19.8. The quantitative estimate of drug-likeness (QED) is 0.346. The third kappa shape index (κ3) is 4.84. The summed E-state index contributed by atoms with van der Waals surface area (Å²) in [6.07, 6.45) is 6.75. The number of aromatic nitrogens is 4. The summed E-state index contributed by atoms with van der Waals surface area (Å²) in [7, 11) is 0. The molecular formula is C29H22FN5O. The monoisotopic (exact) mass is 475 g/mol. The van der Waals surface area contributed by atoms with Crippen molar-refractivity contribution in [2.24, 2.45) is 0 Å². The molecule has 176 valence electrons. The molecule has 0 bridgehead atoms. The number of anilines is 1. The fourth-order valence-corrected chi connectivity index (χ4v) is 3.88. The van der Waals surface area contributed by atoms with Crippen molar-refractivity contribution in [3.63, 3.8) is 0 Å². The zero-order chi connectivity index (χ0) is 25.1. The van der Waals surface area contributed by atoms with Crippen LogP contribution < -0.4 is 5.32 Å². The Balaban J connectivity index is 1.43. The molecule has 0 unspecified atom stereocenters. The van der Waals surface area contributed by atoms with Crippen LogP contribution in [0.15, 0.2) is 79.6 Å². The molecule has 6 nitrogen and oxygen atoms in total. The van der Waals surface area contributed by atoms with Crippen molar-refractivity contribution in [1.29, 1.82) is 0 Å². The average Bonchev–Trinajstić information content (AvgIpc) is 3.34. The third-order valence-corrected chi connectivity index (χ3v) is 5.78. The van der Waals surface area contributed by atoms with Crippen molar-refractivity contribution in [2.45, 2.75) is 20.5 Å². The highest BCUT2D eigenvalue weighted by Gasteiger charge is 2.11. The van der Waals surface area contributed by atoms with Crippen molar-refractivity contribution < 1.29 is 9.18 Å². The molecule has 3 aromatic carbocycles. The molecule has 5 rings (SSSR count). The smallest absolute Gasteiger partial charge is 0.255 e. The molecular weight excluding hydrogens is 453 g/mol. The molecule has 2 aromatic heterocycles. The molecule has 0 aliphatic heterocycles. The predicted octanol–water partition coefficient (Wildman–Crippen LogP) is 5.55. The summed E-state index contributed by atoms with van der Waals surface area (Å²) >= 11 is 0. The third-order valence-electron chi connectivity index (χ3n) is 5.78. The van der Waals surface area contributed by atoms with Crippen LogP contribution in [0.4, 0.5) is 10.1 Å². The highest BCUT2D eigenvalue weighted by Crippen LogP contribution is 2.21. The van der Waals surface area contributed by atoms with E-state index in [1.807, 2.05) is 44.3 Å². The normalized spacial score (nSPS) is 10.6. The maximum absolute atomic E-state index is 13.5. The van der Waals surface area contributed by atoms with Gasteiger partial charge in [0, 0.05) is 45.8 Å². The van der Waals surface area contributed by atoms with Gasteiger partial charge >= 0.3 is 0 Å². The van der Waals surface area contributed by atoms with Crippen LogP contribution in [-0.2, 0) is 6.67 Å². The summed E-state index contributed by atoms with van der Waals surface area (Å²) in [5, 5.41) is 3.76. The lowest BCUT2D eigenvalue weighted by Gasteiger charge is -2.11. The van der Waals surface area contributed by atoms with Crippen LogP contribution in [0.1, 0.15) is 38.3 Å². The van der Waals surface area contributed by atoms with E-state index >= 15 is 0 Å². The van der Waals surface area contributed by atoms with Crippen LogP contribution in [-0.4, -0.2) is 25.4 Å². The van der Waals surface area contributed by atoms with Crippen LogP contribution in [0.3, 0.4) is 0 Å². The summed E-state index contributed by atoms with van der Waals surface area (Å²) in [6, 6.07) is 16.3. The van der Waals surface area contributed by atoms with Gasteiger partial charge in [0.2, 0.25) is 0 Å². The molecule has 0 saturated heterocycles. The number of alkyl halides is 1. The Morgan fingerprint density at radius 3 is 2.69 bits per heavy atom. The van der Waals surface area contributed by atoms with Gasteiger partial charge in [0.25, 0.3) is 5.91 Å². The van der Waals surface area contributed by atoms with Gasteiger partial charge in [-0.2, -0.15) is 0 Å². The summed E-state index contributed by atoms with van der Waals surface area (Å²) in [6.45, 7) is 3.18. The second-order valence-corrected chi connectivity index (χ2v) is 8.44. The van der Waals surface area contributed by atoms with E-state index in [9.17, 15) is 9.18 Å². The standard InChI is InChI=1S/C29H22FN5O/c1-19-6-7-24(12-23(19)9-8-22-4-3-5-28-27(22)15-31-17-32-28)29(36)34-25-10-21(14-30)11-26(13-25)35-16-20(2)33-18-35/h3-7,10-13,15-18H,14H2,1-2H3,(H,34,36). The SMILES string of the molecule is Cc1cn(-c2cc(CF)cc(NC(=O)c3ccc(C)c(C#Cc4cccc5ncncc45)c3)c2)cn1. The van der Waals surface area contributed by atoms with Crippen molar-refractivity contribution in [2.75, 3.05) is 5.32 Å². The summed E-state index contributed by atoms with van der Waals surface area (Å²) in [4.78, 5) is 25.7. The number of imidazole rings is 1. The fraction of sp³-hybridized carbons (Fsp3) is 0.103. The van der Waals surface area contributed by atoms with Crippen LogP contribution in [0, 0.1) is 25.7 Å². The first-order valence-corrected chi connectivity index (χ1v) is 11.3. The molecule has 0 fully saturated rings. The zero-order valence-corrected chi connectivity index (χ0v) is 19.8. The minimum absolute atomic E-state index is 0.305. The lowest BCUT2D eigenvalue weighted by atomic mass is 10.0. The van der Waals surface area contributed by atoms with E-state index in [1.165, 1.54) is 6.33 Å². The van der Waals surface area contributed by atoms with Crippen LogP contribution in [0.25, 0.3) is 16.6 Å². The number of nitrogens with zero attached hydrogens (tertiary/aromatic N) is 4. The topological polar surface area (TPSA) is 72.7 Å². The maximum Gasteiger partial charge on any atom is 0.255 e. The van der Waals surface area contributed by atoms with Crippen LogP contribution >= 0.6 is 0 Å². The van der Waals surface area contributed by atoms with E-state index in [4.69, 9.17) is 0 Å². The number of carbonyl (C=O) groups is 1. The highest BCUT2D eigenvalue weighted by atomic mass is 19.1. The Bertz CT molecular complexity index is 1660. The van der Waals surface area contributed by atoms with Gasteiger partial charge in [-0.1, -0.05) is 24.0 Å². The molecule has 7 heteroatoms. The molecule has 0 atom stereocenters. The van der Waals surface area contributed by atoms with E-state index in [-0.39, 0.29) is 5.91 Å². The maximum atomic E-state index is 13.5. The molecule has 2 heterocycles. The summed E-state index contributed by atoms with van der Waals surface area (Å²) < 4.78 is 15.3. The lowest BCUT2D eigenvalue weighted by Crippen LogP contribution is -2.13. The van der Waals surface area contributed by atoms with E-state index in [0.717, 1.165) is 39.0 Å². The number of hydrogen-bond donors (Lipinski definition) is 1. The molecule has 0 aliphatic carbocycles. The number of hydrogen-bond acceptors (Lipinski definition) is 4. The molecule has 1 amide bonds. The highest BCUT2D eigenvalue weighted by molar-refractivity contribution is 6.04. The Kier molecular flexibility index (Phi) is 6.25. The molecule has 0 aliphatic rings. The second kappa shape index (κ2) is 9.80. The van der Waals surface area contributed by atoms with Crippen molar-refractivity contribution >= 4 is 22.5 Å². The molecule has 0 spiro atoms.